The third-order valence-electron chi connectivity index (χ3n) is 4.28. The third-order valence-corrected chi connectivity index (χ3v) is 4.28. The highest BCUT2D eigenvalue weighted by Gasteiger charge is 2.29. The van der Waals surface area contributed by atoms with E-state index in [9.17, 15) is 9.59 Å². The Morgan fingerprint density at radius 2 is 1.86 bits per heavy atom. The van der Waals surface area contributed by atoms with Gasteiger partial charge in [0, 0.05) is 12.1 Å². The second-order valence-electron chi connectivity index (χ2n) is 6.32. The van der Waals surface area contributed by atoms with E-state index in [4.69, 9.17) is 5.11 Å². The van der Waals surface area contributed by atoms with Crippen molar-refractivity contribution in [1.82, 2.24) is 0 Å². The molecule has 0 unspecified atom stereocenters. The molecule has 1 aliphatic rings. The first-order valence-electron chi connectivity index (χ1n) is 7.58. The van der Waals surface area contributed by atoms with Gasteiger partial charge < -0.3 is 10.4 Å². The molecule has 2 rings (SSSR count). The molecule has 0 atom stereocenters. The molecule has 0 heterocycles. The minimum Gasteiger partial charge on any atom is -0.481 e. The lowest BCUT2D eigenvalue weighted by Crippen LogP contribution is -2.27. The van der Waals surface area contributed by atoms with Gasteiger partial charge in [-0.05, 0) is 29.9 Å². The largest absolute Gasteiger partial charge is 0.481 e. The van der Waals surface area contributed by atoms with Crippen LogP contribution in [0, 0.1) is 5.41 Å². The van der Waals surface area contributed by atoms with Gasteiger partial charge >= 0.3 is 5.97 Å². The van der Waals surface area contributed by atoms with Crippen LogP contribution in [0.2, 0.25) is 0 Å². The Balaban J connectivity index is 2.00. The van der Waals surface area contributed by atoms with Crippen molar-refractivity contribution >= 4 is 17.6 Å². The van der Waals surface area contributed by atoms with Crippen LogP contribution in [-0.4, -0.2) is 17.0 Å². The van der Waals surface area contributed by atoms with E-state index in [2.05, 4.69) is 12.2 Å². The van der Waals surface area contributed by atoms with Crippen molar-refractivity contribution in [3.05, 3.63) is 29.8 Å². The Bertz CT molecular complexity index is 519. The fourth-order valence-corrected chi connectivity index (χ4v) is 3.12. The number of amides is 1. The van der Waals surface area contributed by atoms with E-state index in [0.717, 1.165) is 12.8 Å². The monoisotopic (exact) mass is 289 g/mol. The summed E-state index contributed by atoms with van der Waals surface area (Å²) in [6.07, 6.45) is 6.27. The Morgan fingerprint density at radius 1 is 1.19 bits per heavy atom. The molecule has 0 aliphatic heterocycles. The summed E-state index contributed by atoms with van der Waals surface area (Å²) in [6, 6.07) is 7.10. The number of para-hydroxylation sites is 1. The number of rotatable bonds is 5. The summed E-state index contributed by atoms with van der Waals surface area (Å²) in [6.45, 7) is 2.18. The van der Waals surface area contributed by atoms with Gasteiger partial charge in [0.25, 0.3) is 0 Å². The smallest absolute Gasteiger partial charge is 0.307 e. The first-order chi connectivity index (χ1) is 9.98. The molecule has 1 aliphatic carbocycles. The first-order valence-corrected chi connectivity index (χ1v) is 7.58. The number of carboxylic acids is 1. The number of carbonyl (C=O) groups is 2. The zero-order valence-electron chi connectivity index (χ0n) is 12.5. The van der Waals surface area contributed by atoms with Gasteiger partial charge in [-0.1, -0.05) is 44.4 Å². The van der Waals surface area contributed by atoms with Crippen molar-refractivity contribution in [2.24, 2.45) is 5.41 Å². The zero-order valence-corrected chi connectivity index (χ0v) is 12.5. The molecule has 1 amide bonds. The van der Waals surface area contributed by atoms with Gasteiger partial charge in [-0.2, -0.15) is 0 Å². The minimum absolute atomic E-state index is 0.0164. The van der Waals surface area contributed by atoms with Crippen LogP contribution in [-0.2, 0) is 16.0 Å². The zero-order chi connectivity index (χ0) is 15.3. The van der Waals surface area contributed by atoms with Crippen LogP contribution in [0.25, 0.3) is 0 Å². The Labute approximate surface area is 125 Å². The first kappa shape index (κ1) is 15.5. The summed E-state index contributed by atoms with van der Waals surface area (Å²) in [5, 5.41) is 11.8. The molecule has 21 heavy (non-hydrogen) atoms. The molecule has 0 saturated heterocycles. The summed E-state index contributed by atoms with van der Waals surface area (Å²) in [7, 11) is 0. The Morgan fingerprint density at radius 3 is 2.52 bits per heavy atom. The summed E-state index contributed by atoms with van der Waals surface area (Å²) >= 11 is 0. The number of carboxylic acid groups (broad SMARTS) is 1. The number of hydrogen-bond acceptors (Lipinski definition) is 2. The van der Waals surface area contributed by atoms with E-state index < -0.39 is 5.97 Å². The molecule has 1 fully saturated rings. The van der Waals surface area contributed by atoms with Gasteiger partial charge in [0.05, 0.1) is 6.42 Å². The molecular formula is C17H23NO3. The lowest BCUT2D eigenvalue weighted by Gasteiger charge is -2.33. The normalized spacial score (nSPS) is 17.2. The van der Waals surface area contributed by atoms with E-state index in [1.165, 1.54) is 19.3 Å². The fourth-order valence-electron chi connectivity index (χ4n) is 3.12. The van der Waals surface area contributed by atoms with Crippen molar-refractivity contribution < 1.29 is 14.7 Å². The van der Waals surface area contributed by atoms with Gasteiger partial charge in [-0.3, -0.25) is 9.59 Å². The molecule has 1 saturated carbocycles. The van der Waals surface area contributed by atoms with E-state index in [1.54, 1.807) is 18.2 Å². The van der Waals surface area contributed by atoms with Gasteiger partial charge in [0.2, 0.25) is 5.91 Å². The minimum atomic E-state index is -0.893. The molecule has 0 radical (unpaired) electrons. The highest BCUT2D eigenvalue weighted by atomic mass is 16.4. The maximum Gasteiger partial charge on any atom is 0.307 e. The average Bonchev–Trinajstić information content (AvgIpc) is 2.40. The van der Waals surface area contributed by atoms with Gasteiger partial charge in [0.1, 0.15) is 0 Å². The van der Waals surface area contributed by atoms with Gasteiger partial charge in [-0.15, -0.1) is 0 Å². The van der Waals surface area contributed by atoms with Crippen LogP contribution in [0.5, 0.6) is 0 Å². The lowest BCUT2D eigenvalue weighted by molar-refractivity contribution is -0.136. The molecule has 114 valence electrons. The maximum atomic E-state index is 12.3. The summed E-state index contributed by atoms with van der Waals surface area (Å²) in [4.78, 5) is 23.1. The summed E-state index contributed by atoms with van der Waals surface area (Å²) in [5.74, 6) is -0.909. The summed E-state index contributed by atoms with van der Waals surface area (Å²) < 4.78 is 0. The maximum absolute atomic E-state index is 12.3. The fraction of sp³-hybridized carbons (Fsp3) is 0.529. The van der Waals surface area contributed by atoms with Crippen LogP contribution in [0.4, 0.5) is 5.69 Å². The van der Waals surface area contributed by atoms with E-state index in [1.807, 2.05) is 6.07 Å². The molecular weight excluding hydrogens is 266 g/mol. The molecule has 1 aromatic carbocycles. The number of carbonyl (C=O) groups excluding carboxylic acids is 1. The Kier molecular flexibility index (Phi) is 4.99. The number of hydrogen-bond donors (Lipinski definition) is 2. The van der Waals surface area contributed by atoms with E-state index in [-0.39, 0.29) is 17.7 Å². The summed E-state index contributed by atoms with van der Waals surface area (Å²) in [5.41, 5.74) is 1.35. The second-order valence-corrected chi connectivity index (χ2v) is 6.32. The van der Waals surface area contributed by atoms with Crippen molar-refractivity contribution in [1.29, 1.82) is 0 Å². The van der Waals surface area contributed by atoms with Crippen molar-refractivity contribution in [2.45, 2.75) is 51.9 Å². The molecule has 4 heteroatoms. The highest BCUT2D eigenvalue weighted by molar-refractivity contribution is 5.92. The van der Waals surface area contributed by atoms with E-state index in [0.29, 0.717) is 17.7 Å². The predicted molar refractivity (Wildman–Crippen MR) is 82.2 cm³/mol. The van der Waals surface area contributed by atoms with Crippen molar-refractivity contribution in [2.75, 3.05) is 5.32 Å². The molecule has 0 aromatic heterocycles. The SMILES string of the molecule is CC1(CC(=O)Nc2ccccc2CC(=O)O)CCCCC1. The Hall–Kier alpha value is -1.84. The number of aliphatic carboxylic acids is 1. The molecule has 4 nitrogen and oxygen atoms in total. The molecule has 0 spiro atoms. The van der Waals surface area contributed by atoms with Gasteiger partial charge in [0.15, 0.2) is 0 Å². The molecule has 2 N–H and O–H groups in total. The average molecular weight is 289 g/mol. The standard InChI is InChI=1S/C17H23NO3/c1-17(9-5-2-6-10-17)12-15(19)18-14-8-4-3-7-13(14)11-16(20)21/h3-4,7-8H,2,5-6,9-12H2,1H3,(H,18,19)(H,20,21). The van der Waals surface area contributed by atoms with Crippen LogP contribution in [0.15, 0.2) is 24.3 Å². The van der Waals surface area contributed by atoms with Crippen LogP contribution in [0.3, 0.4) is 0 Å². The quantitative estimate of drug-likeness (QED) is 0.870. The lowest BCUT2D eigenvalue weighted by atomic mass is 9.73. The topological polar surface area (TPSA) is 66.4 Å². The highest BCUT2D eigenvalue weighted by Crippen LogP contribution is 2.38. The van der Waals surface area contributed by atoms with Crippen molar-refractivity contribution in [3.8, 4) is 0 Å². The van der Waals surface area contributed by atoms with Crippen LogP contribution >= 0.6 is 0 Å². The number of benzene rings is 1. The number of anilines is 1. The second kappa shape index (κ2) is 6.74. The molecule has 1 aromatic rings. The predicted octanol–water partition coefficient (Wildman–Crippen LogP) is 3.61. The van der Waals surface area contributed by atoms with Gasteiger partial charge in [-0.25, -0.2) is 0 Å². The van der Waals surface area contributed by atoms with Crippen LogP contribution in [0.1, 0.15) is 51.0 Å². The van der Waals surface area contributed by atoms with Crippen molar-refractivity contribution in [3.63, 3.8) is 0 Å². The van der Waals surface area contributed by atoms with Crippen LogP contribution < -0.4 is 5.32 Å². The third kappa shape index (κ3) is 4.59. The molecule has 0 bridgehead atoms. The number of nitrogens with one attached hydrogen (secondary N) is 1. The van der Waals surface area contributed by atoms with E-state index >= 15 is 0 Å².